The van der Waals surface area contributed by atoms with Crippen LogP contribution in [0.15, 0.2) is 36.9 Å². The summed E-state index contributed by atoms with van der Waals surface area (Å²) < 4.78 is 30.2. The molecule has 0 aliphatic carbocycles. The normalized spacial score (nSPS) is 10.8. The number of rotatable bonds is 8. The quantitative estimate of drug-likeness (QED) is 0.731. The minimum absolute atomic E-state index is 0.0438. The van der Waals surface area contributed by atoms with Crippen LogP contribution in [-0.2, 0) is 14.8 Å². The Morgan fingerprint density at radius 2 is 2.10 bits per heavy atom. The van der Waals surface area contributed by atoms with Gasteiger partial charge in [0.25, 0.3) is 0 Å². The van der Waals surface area contributed by atoms with Crippen molar-refractivity contribution in [3.05, 3.63) is 36.9 Å². The monoisotopic (exact) mass is 312 g/mol. The molecular formula is C14H20N2O4S. The number of para-hydroxylation sites is 2. The molecule has 0 bridgehead atoms. The molecule has 0 atom stereocenters. The number of amides is 1. The Morgan fingerprint density at radius 1 is 1.43 bits per heavy atom. The van der Waals surface area contributed by atoms with E-state index >= 15 is 0 Å². The first kappa shape index (κ1) is 17.0. The van der Waals surface area contributed by atoms with E-state index in [9.17, 15) is 13.2 Å². The van der Waals surface area contributed by atoms with Gasteiger partial charge in [-0.15, -0.1) is 6.58 Å². The van der Waals surface area contributed by atoms with Crippen LogP contribution in [0.3, 0.4) is 0 Å². The highest BCUT2D eigenvalue weighted by Crippen LogP contribution is 2.29. The van der Waals surface area contributed by atoms with Crippen molar-refractivity contribution in [3.8, 4) is 5.75 Å². The summed E-state index contributed by atoms with van der Waals surface area (Å²) >= 11 is 0. The van der Waals surface area contributed by atoms with Gasteiger partial charge >= 0.3 is 0 Å². The van der Waals surface area contributed by atoms with Gasteiger partial charge in [0.2, 0.25) is 15.9 Å². The molecule has 0 heterocycles. The largest absolute Gasteiger partial charge is 0.495 e. The zero-order valence-electron chi connectivity index (χ0n) is 12.2. The van der Waals surface area contributed by atoms with E-state index in [1.807, 2.05) is 0 Å². The van der Waals surface area contributed by atoms with Gasteiger partial charge in [0.05, 0.1) is 19.1 Å². The Bertz CT molecular complexity index is 599. The van der Waals surface area contributed by atoms with Gasteiger partial charge in [-0.3, -0.25) is 9.10 Å². The van der Waals surface area contributed by atoms with E-state index in [2.05, 4.69) is 11.9 Å². The molecule has 7 heteroatoms. The first-order valence-corrected chi connectivity index (χ1v) is 8.23. The second-order valence-electron chi connectivity index (χ2n) is 4.35. The van der Waals surface area contributed by atoms with Gasteiger partial charge in [-0.2, -0.15) is 0 Å². The molecule has 1 aromatic rings. The Balaban J connectivity index is 2.92. The van der Waals surface area contributed by atoms with Crippen molar-refractivity contribution < 1.29 is 17.9 Å². The Hall–Kier alpha value is -2.02. The molecule has 1 rings (SSSR count). The van der Waals surface area contributed by atoms with Crippen LogP contribution in [-0.4, -0.2) is 40.8 Å². The molecule has 0 aliphatic rings. The van der Waals surface area contributed by atoms with Crippen molar-refractivity contribution in [2.45, 2.75) is 6.42 Å². The number of sulfonamides is 1. The third-order valence-electron chi connectivity index (χ3n) is 2.74. The Labute approximate surface area is 125 Å². The minimum Gasteiger partial charge on any atom is -0.495 e. The lowest BCUT2D eigenvalue weighted by Crippen LogP contribution is -2.34. The number of anilines is 1. The first-order valence-electron chi connectivity index (χ1n) is 6.38. The van der Waals surface area contributed by atoms with Gasteiger partial charge in [-0.25, -0.2) is 8.42 Å². The van der Waals surface area contributed by atoms with Crippen LogP contribution in [0, 0.1) is 0 Å². The van der Waals surface area contributed by atoms with Crippen molar-refractivity contribution >= 4 is 21.6 Å². The van der Waals surface area contributed by atoms with E-state index < -0.39 is 10.0 Å². The highest BCUT2D eigenvalue weighted by molar-refractivity contribution is 7.92. The fraction of sp³-hybridized carbons (Fsp3) is 0.357. The zero-order chi connectivity index (χ0) is 15.9. The van der Waals surface area contributed by atoms with E-state index in [0.29, 0.717) is 18.0 Å². The molecule has 0 fully saturated rings. The van der Waals surface area contributed by atoms with E-state index in [4.69, 9.17) is 4.74 Å². The van der Waals surface area contributed by atoms with Crippen molar-refractivity contribution in [3.63, 3.8) is 0 Å². The molecule has 21 heavy (non-hydrogen) atoms. The van der Waals surface area contributed by atoms with E-state index in [-0.39, 0.29) is 18.9 Å². The molecule has 0 aliphatic heterocycles. The maximum Gasteiger partial charge on any atom is 0.232 e. The van der Waals surface area contributed by atoms with Crippen molar-refractivity contribution in [1.29, 1.82) is 0 Å². The number of nitrogens with one attached hydrogen (secondary N) is 1. The van der Waals surface area contributed by atoms with Crippen LogP contribution < -0.4 is 14.4 Å². The number of nitrogens with zero attached hydrogens (tertiary/aromatic N) is 1. The predicted molar refractivity (Wildman–Crippen MR) is 83.0 cm³/mol. The van der Waals surface area contributed by atoms with Gasteiger partial charge in [-0.1, -0.05) is 18.2 Å². The first-order chi connectivity index (χ1) is 9.90. The van der Waals surface area contributed by atoms with Gasteiger partial charge in [0, 0.05) is 19.5 Å². The summed E-state index contributed by atoms with van der Waals surface area (Å²) in [5, 5.41) is 2.61. The fourth-order valence-corrected chi connectivity index (χ4v) is 2.71. The summed E-state index contributed by atoms with van der Waals surface area (Å²) in [6.45, 7) is 3.90. The average Bonchev–Trinajstić information content (AvgIpc) is 2.44. The van der Waals surface area contributed by atoms with Gasteiger partial charge in [-0.05, 0) is 12.1 Å². The summed E-state index contributed by atoms with van der Waals surface area (Å²) in [4.78, 5) is 11.6. The molecule has 0 radical (unpaired) electrons. The van der Waals surface area contributed by atoms with Crippen LogP contribution in [0.5, 0.6) is 5.75 Å². The number of hydrogen-bond acceptors (Lipinski definition) is 4. The van der Waals surface area contributed by atoms with Crippen LogP contribution in [0.1, 0.15) is 6.42 Å². The number of carbonyl (C=O) groups excluding carboxylic acids is 1. The fourth-order valence-electron chi connectivity index (χ4n) is 1.78. The van der Waals surface area contributed by atoms with Crippen LogP contribution in [0.4, 0.5) is 5.69 Å². The Morgan fingerprint density at radius 3 is 2.67 bits per heavy atom. The zero-order valence-corrected chi connectivity index (χ0v) is 13.0. The molecule has 1 amide bonds. The van der Waals surface area contributed by atoms with Crippen molar-refractivity contribution in [2.75, 3.05) is 30.8 Å². The molecule has 6 nitrogen and oxygen atoms in total. The molecular weight excluding hydrogens is 292 g/mol. The predicted octanol–water partition coefficient (Wildman–Crippen LogP) is 1.15. The summed E-state index contributed by atoms with van der Waals surface area (Å²) in [5.41, 5.74) is 0.416. The lowest BCUT2D eigenvalue weighted by molar-refractivity contribution is -0.120. The number of carbonyl (C=O) groups is 1. The maximum absolute atomic E-state index is 11.9. The summed E-state index contributed by atoms with van der Waals surface area (Å²) in [6, 6.07) is 6.78. The number of ether oxygens (including phenoxy) is 1. The molecule has 1 N–H and O–H groups in total. The number of hydrogen-bond donors (Lipinski definition) is 1. The van der Waals surface area contributed by atoms with Crippen LogP contribution in [0.2, 0.25) is 0 Å². The second-order valence-corrected chi connectivity index (χ2v) is 6.26. The van der Waals surface area contributed by atoms with E-state index in [0.717, 1.165) is 6.26 Å². The standard InChI is InChI=1S/C14H20N2O4S/c1-4-10-15-14(17)9-11-16(21(3,18)19)12-7-5-6-8-13(12)20-2/h4-8H,1,9-11H2,2-3H3,(H,15,17). The van der Waals surface area contributed by atoms with Gasteiger partial charge in [0.1, 0.15) is 5.75 Å². The van der Waals surface area contributed by atoms with E-state index in [1.165, 1.54) is 11.4 Å². The SMILES string of the molecule is C=CCNC(=O)CCN(c1ccccc1OC)S(C)(=O)=O. The van der Waals surface area contributed by atoms with Crippen molar-refractivity contribution in [2.24, 2.45) is 0 Å². The highest BCUT2D eigenvalue weighted by Gasteiger charge is 2.21. The molecule has 1 aromatic carbocycles. The minimum atomic E-state index is -3.51. The highest BCUT2D eigenvalue weighted by atomic mass is 32.2. The molecule has 0 aromatic heterocycles. The summed E-state index contributed by atoms with van der Waals surface area (Å²) in [5.74, 6) is 0.202. The van der Waals surface area contributed by atoms with Gasteiger partial charge < -0.3 is 10.1 Å². The van der Waals surface area contributed by atoms with Gasteiger partial charge in [0.15, 0.2) is 0 Å². The molecule has 0 saturated carbocycles. The average molecular weight is 312 g/mol. The number of benzene rings is 1. The van der Waals surface area contributed by atoms with Crippen LogP contribution >= 0.6 is 0 Å². The van der Waals surface area contributed by atoms with E-state index in [1.54, 1.807) is 30.3 Å². The smallest absolute Gasteiger partial charge is 0.232 e. The number of methoxy groups -OCH3 is 1. The topological polar surface area (TPSA) is 75.7 Å². The van der Waals surface area contributed by atoms with Crippen molar-refractivity contribution in [1.82, 2.24) is 5.32 Å². The lowest BCUT2D eigenvalue weighted by Gasteiger charge is -2.23. The third kappa shape index (κ3) is 5.11. The molecule has 0 saturated heterocycles. The maximum atomic E-state index is 11.9. The second kappa shape index (κ2) is 7.68. The molecule has 0 spiro atoms. The Kier molecular flexibility index (Phi) is 6.23. The third-order valence-corrected chi connectivity index (χ3v) is 3.92. The molecule has 0 unspecified atom stereocenters. The van der Waals surface area contributed by atoms with Crippen LogP contribution in [0.25, 0.3) is 0 Å². The molecule has 116 valence electrons. The summed E-state index contributed by atoms with van der Waals surface area (Å²) in [6.07, 6.45) is 2.71. The summed E-state index contributed by atoms with van der Waals surface area (Å²) in [7, 11) is -2.05. The lowest BCUT2D eigenvalue weighted by atomic mass is 10.3.